The van der Waals surface area contributed by atoms with Crippen LogP contribution in [0.4, 0.5) is 0 Å². The Bertz CT molecular complexity index is 58.3. The van der Waals surface area contributed by atoms with Gasteiger partial charge in [-0.25, -0.2) is 0 Å². The molecule has 0 unspecified atom stereocenters. The molecular weight excluding hydrogens is 126 g/mol. The molecule has 10 heavy (non-hydrogen) atoms. The molecule has 0 aromatic carbocycles. The van der Waals surface area contributed by atoms with Crippen LogP contribution < -0.4 is 5.73 Å². The average molecular weight is 145 g/mol. The van der Waals surface area contributed by atoms with Crippen molar-refractivity contribution in [2.75, 3.05) is 7.11 Å². The molecule has 0 aromatic heterocycles. The molecule has 0 bridgehead atoms. The van der Waals surface area contributed by atoms with E-state index >= 15 is 0 Å². The van der Waals surface area contributed by atoms with E-state index in [0.717, 1.165) is 7.11 Å². The lowest BCUT2D eigenvalue weighted by molar-refractivity contribution is 0.399. The smallest absolute Gasteiger partial charge is 0.0319 e. The second kappa shape index (κ2) is 7.03. The first kappa shape index (κ1) is 9.92. The number of nitrogens with two attached hydrogens (primary N) is 1. The fourth-order valence-electron chi connectivity index (χ4n) is 1.31. The van der Waals surface area contributed by atoms with Crippen molar-refractivity contribution in [2.24, 2.45) is 5.73 Å². The number of aliphatic hydroxyl groups excluding tert-OH is 1. The third-order valence-electron chi connectivity index (χ3n) is 1.90. The highest BCUT2D eigenvalue weighted by Crippen LogP contribution is 2.14. The van der Waals surface area contributed by atoms with Gasteiger partial charge in [-0.05, 0) is 12.8 Å². The van der Waals surface area contributed by atoms with Crippen LogP contribution in [-0.2, 0) is 0 Å². The van der Waals surface area contributed by atoms with Crippen LogP contribution in [0.1, 0.15) is 38.5 Å². The van der Waals surface area contributed by atoms with Gasteiger partial charge in [0.15, 0.2) is 0 Å². The van der Waals surface area contributed by atoms with E-state index in [1.165, 1.54) is 38.5 Å². The molecule has 0 heterocycles. The first-order chi connectivity index (χ1) is 4.89. The lowest BCUT2D eigenvalue weighted by atomic mass is 10.1. The molecule has 0 amide bonds. The van der Waals surface area contributed by atoms with Crippen LogP contribution in [0.25, 0.3) is 0 Å². The molecule has 0 radical (unpaired) electrons. The minimum absolute atomic E-state index is 0.525. The summed E-state index contributed by atoms with van der Waals surface area (Å²) in [4.78, 5) is 0. The SMILES string of the molecule is CO.NC1CCCCCC1. The molecule has 1 rings (SSSR count). The maximum Gasteiger partial charge on any atom is 0.0319 e. The maximum atomic E-state index is 7.00. The molecule has 1 fully saturated rings. The van der Waals surface area contributed by atoms with Gasteiger partial charge >= 0.3 is 0 Å². The predicted molar refractivity (Wildman–Crippen MR) is 43.8 cm³/mol. The molecule has 1 saturated carbocycles. The summed E-state index contributed by atoms with van der Waals surface area (Å²) in [5, 5.41) is 7.00. The van der Waals surface area contributed by atoms with Gasteiger partial charge in [0.25, 0.3) is 0 Å². The Morgan fingerprint density at radius 2 is 1.40 bits per heavy atom. The van der Waals surface area contributed by atoms with Gasteiger partial charge in [0.1, 0.15) is 0 Å². The summed E-state index contributed by atoms with van der Waals surface area (Å²) < 4.78 is 0. The molecular formula is C8H19NO. The highest BCUT2D eigenvalue weighted by atomic mass is 16.2. The van der Waals surface area contributed by atoms with Gasteiger partial charge < -0.3 is 10.8 Å². The van der Waals surface area contributed by atoms with Crippen LogP contribution >= 0.6 is 0 Å². The Balaban J connectivity index is 0.000000371. The van der Waals surface area contributed by atoms with Crippen LogP contribution in [0.3, 0.4) is 0 Å². The number of hydrogen-bond acceptors (Lipinski definition) is 2. The first-order valence-electron chi connectivity index (χ1n) is 4.10. The largest absolute Gasteiger partial charge is 0.400 e. The molecule has 0 saturated heterocycles. The second-order valence-electron chi connectivity index (χ2n) is 2.75. The van der Waals surface area contributed by atoms with E-state index in [0.29, 0.717) is 6.04 Å². The van der Waals surface area contributed by atoms with Crippen LogP contribution in [0.15, 0.2) is 0 Å². The molecule has 2 nitrogen and oxygen atoms in total. The van der Waals surface area contributed by atoms with Crippen molar-refractivity contribution in [3.63, 3.8) is 0 Å². The second-order valence-corrected chi connectivity index (χ2v) is 2.75. The minimum Gasteiger partial charge on any atom is -0.400 e. The van der Waals surface area contributed by atoms with Gasteiger partial charge in [-0.1, -0.05) is 25.7 Å². The van der Waals surface area contributed by atoms with E-state index < -0.39 is 0 Å². The molecule has 1 aliphatic rings. The van der Waals surface area contributed by atoms with E-state index in [9.17, 15) is 0 Å². The van der Waals surface area contributed by atoms with Crippen LogP contribution in [0.5, 0.6) is 0 Å². The summed E-state index contributed by atoms with van der Waals surface area (Å²) >= 11 is 0. The Labute approximate surface area is 63.4 Å². The van der Waals surface area contributed by atoms with Crippen LogP contribution in [0, 0.1) is 0 Å². The Morgan fingerprint density at radius 1 is 1.00 bits per heavy atom. The zero-order valence-electron chi connectivity index (χ0n) is 6.84. The van der Waals surface area contributed by atoms with Crippen LogP contribution in [0.2, 0.25) is 0 Å². The van der Waals surface area contributed by atoms with E-state index in [1.54, 1.807) is 0 Å². The number of hydrogen-bond donors (Lipinski definition) is 2. The third kappa shape index (κ3) is 4.77. The van der Waals surface area contributed by atoms with Crippen molar-refractivity contribution in [3.8, 4) is 0 Å². The van der Waals surface area contributed by atoms with Crippen molar-refractivity contribution in [1.82, 2.24) is 0 Å². The summed E-state index contributed by atoms with van der Waals surface area (Å²) in [6, 6.07) is 0.525. The van der Waals surface area contributed by atoms with Gasteiger partial charge in [-0.3, -0.25) is 0 Å². The lowest BCUT2D eigenvalue weighted by Crippen LogP contribution is -2.17. The number of aliphatic hydroxyl groups is 1. The Morgan fingerprint density at radius 3 is 1.80 bits per heavy atom. The summed E-state index contributed by atoms with van der Waals surface area (Å²) in [7, 11) is 1.00. The van der Waals surface area contributed by atoms with Crippen molar-refractivity contribution in [2.45, 2.75) is 44.6 Å². The van der Waals surface area contributed by atoms with Gasteiger partial charge in [0, 0.05) is 13.2 Å². The van der Waals surface area contributed by atoms with E-state index in [2.05, 4.69) is 0 Å². The normalized spacial score (nSPS) is 20.7. The Kier molecular flexibility index (Phi) is 6.98. The van der Waals surface area contributed by atoms with E-state index in [4.69, 9.17) is 10.8 Å². The molecule has 0 spiro atoms. The molecule has 0 atom stereocenters. The topological polar surface area (TPSA) is 46.2 Å². The molecule has 2 heteroatoms. The van der Waals surface area contributed by atoms with E-state index in [-0.39, 0.29) is 0 Å². The summed E-state index contributed by atoms with van der Waals surface area (Å²) in [5.74, 6) is 0. The first-order valence-corrected chi connectivity index (χ1v) is 4.10. The van der Waals surface area contributed by atoms with Crippen LogP contribution in [-0.4, -0.2) is 18.3 Å². The lowest BCUT2D eigenvalue weighted by Gasteiger charge is -2.03. The fourth-order valence-corrected chi connectivity index (χ4v) is 1.31. The Hall–Kier alpha value is -0.0800. The van der Waals surface area contributed by atoms with Gasteiger partial charge in [0.2, 0.25) is 0 Å². The zero-order chi connectivity index (χ0) is 7.82. The summed E-state index contributed by atoms with van der Waals surface area (Å²) in [6.07, 6.45) is 8.07. The fraction of sp³-hybridized carbons (Fsp3) is 1.00. The molecule has 3 N–H and O–H groups in total. The van der Waals surface area contributed by atoms with Crippen molar-refractivity contribution in [1.29, 1.82) is 0 Å². The van der Waals surface area contributed by atoms with Gasteiger partial charge in [-0.2, -0.15) is 0 Å². The predicted octanol–water partition coefficient (Wildman–Crippen LogP) is 1.28. The van der Waals surface area contributed by atoms with Crippen molar-refractivity contribution >= 4 is 0 Å². The van der Waals surface area contributed by atoms with E-state index in [1.807, 2.05) is 0 Å². The molecule has 1 aliphatic carbocycles. The number of rotatable bonds is 0. The molecule has 62 valence electrons. The highest BCUT2D eigenvalue weighted by Gasteiger charge is 2.05. The summed E-state index contributed by atoms with van der Waals surface area (Å²) in [5.41, 5.74) is 5.73. The maximum absolute atomic E-state index is 7.00. The molecule has 0 aromatic rings. The average Bonchev–Trinajstić information content (AvgIpc) is 2.21. The zero-order valence-corrected chi connectivity index (χ0v) is 6.84. The quantitative estimate of drug-likeness (QED) is 0.504. The van der Waals surface area contributed by atoms with Crippen molar-refractivity contribution < 1.29 is 5.11 Å². The highest BCUT2D eigenvalue weighted by molar-refractivity contribution is 4.64. The summed E-state index contributed by atoms with van der Waals surface area (Å²) in [6.45, 7) is 0. The standard InChI is InChI=1S/C7H15N.CH4O/c8-7-5-3-1-2-4-6-7;1-2/h7H,1-6,8H2;2H,1H3. The van der Waals surface area contributed by atoms with Gasteiger partial charge in [-0.15, -0.1) is 0 Å². The van der Waals surface area contributed by atoms with Gasteiger partial charge in [0.05, 0.1) is 0 Å². The monoisotopic (exact) mass is 145 g/mol. The van der Waals surface area contributed by atoms with Crippen molar-refractivity contribution in [3.05, 3.63) is 0 Å². The molecule has 0 aliphatic heterocycles. The third-order valence-corrected chi connectivity index (χ3v) is 1.90. The minimum atomic E-state index is 0.525.